The van der Waals surface area contributed by atoms with Crippen LogP contribution in [0.5, 0.6) is 0 Å². The molecule has 108 valence electrons. The summed E-state index contributed by atoms with van der Waals surface area (Å²) in [5.41, 5.74) is -0.525. The number of halogens is 3. The largest absolute Gasteiger partial charge is 0.416 e. The first-order chi connectivity index (χ1) is 8.87. The lowest BCUT2D eigenvalue weighted by molar-refractivity contribution is -0.137. The summed E-state index contributed by atoms with van der Waals surface area (Å²) >= 11 is 0. The van der Waals surface area contributed by atoms with Gasteiger partial charge in [0.15, 0.2) is 0 Å². The normalized spacial score (nSPS) is 12.5. The molecule has 0 spiro atoms. The first kappa shape index (κ1) is 15.8. The molecule has 0 aliphatic rings. The Morgan fingerprint density at radius 3 is 2.26 bits per heavy atom. The molecule has 19 heavy (non-hydrogen) atoms. The minimum Gasteiger partial charge on any atom is -0.396 e. The Morgan fingerprint density at radius 2 is 1.79 bits per heavy atom. The molecule has 0 aliphatic heterocycles. The van der Waals surface area contributed by atoms with Crippen LogP contribution in [0.25, 0.3) is 0 Å². The average Bonchev–Trinajstić information content (AvgIpc) is 2.40. The molecule has 1 rings (SSSR count). The van der Waals surface area contributed by atoms with Crippen molar-refractivity contribution in [3.63, 3.8) is 0 Å². The number of nitrogens with one attached hydrogen (secondary N) is 1. The maximum absolute atomic E-state index is 12.6. The van der Waals surface area contributed by atoms with Crippen LogP contribution in [0.15, 0.2) is 24.3 Å². The quantitative estimate of drug-likeness (QED) is 0.824. The Hall–Kier alpha value is -1.23. The van der Waals surface area contributed by atoms with Gasteiger partial charge in [-0.2, -0.15) is 13.2 Å². The predicted octanol–water partition coefficient (Wildman–Crippen LogP) is 3.92. The summed E-state index contributed by atoms with van der Waals surface area (Å²) in [4.78, 5) is 0. The molecular formula is C14H20F3NO. The highest BCUT2D eigenvalue weighted by atomic mass is 19.4. The van der Waals surface area contributed by atoms with Crippen molar-refractivity contribution in [2.24, 2.45) is 5.41 Å². The summed E-state index contributed by atoms with van der Waals surface area (Å²) in [6.07, 6.45) is -2.79. The maximum atomic E-state index is 12.6. The van der Waals surface area contributed by atoms with Crippen molar-refractivity contribution in [3.8, 4) is 0 Å². The number of aliphatic hydroxyl groups excluding tert-OH is 1. The minimum atomic E-state index is -4.33. The van der Waals surface area contributed by atoms with Gasteiger partial charge >= 0.3 is 6.18 Å². The highest BCUT2D eigenvalue weighted by molar-refractivity contribution is 5.46. The lowest BCUT2D eigenvalue weighted by Gasteiger charge is -2.30. The van der Waals surface area contributed by atoms with Gasteiger partial charge in [-0.3, -0.25) is 0 Å². The van der Waals surface area contributed by atoms with Crippen molar-refractivity contribution in [1.82, 2.24) is 0 Å². The number of hydrogen-bond donors (Lipinski definition) is 2. The topological polar surface area (TPSA) is 32.3 Å². The van der Waals surface area contributed by atoms with E-state index in [0.29, 0.717) is 12.2 Å². The third-order valence-corrected chi connectivity index (χ3v) is 3.69. The number of aliphatic hydroxyl groups is 1. The van der Waals surface area contributed by atoms with Crippen molar-refractivity contribution < 1.29 is 18.3 Å². The number of anilines is 1. The van der Waals surface area contributed by atoms with Crippen LogP contribution < -0.4 is 5.32 Å². The number of benzene rings is 1. The zero-order chi connectivity index (χ0) is 14.5. The van der Waals surface area contributed by atoms with Gasteiger partial charge in [0.05, 0.1) is 12.2 Å². The van der Waals surface area contributed by atoms with Crippen LogP contribution in [-0.4, -0.2) is 18.3 Å². The zero-order valence-corrected chi connectivity index (χ0v) is 11.2. The summed E-state index contributed by atoms with van der Waals surface area (Å²) in [5, 5.41) is 12.4. The van der Waals surface area contributed by atoms with E-state index >= 15 is 0 Å². The molecule has 0 saturated carbocycles. The Bertz CT molecular complexity index is 392. The molecule has 0 radical (unpaired) electrons. The molecule has 1 aromatic rings. The van der Waals surface area contributed by atoms with Crippen molar-refractivity contribution in [2.45, 2.75) is 32.9 Å². The fourth-order valence-corrected chi connectivity index (χ4v) is 1.87. The van der Waals surface area contributed by atoms with Gasteiger partial charge in [0.25, 0.3) is 0 Å². The van der Waals surface area contributed by atoms with Gasteiger partial charge in [0.2, 0.25) is 0 Å². The van der Waals surface area contributed by atoms with Crippen LogP contribution in [0.4, 0.5) is 18.9 Å². The van der Waals surface area contributed by atoms with Crippen molar-refractivity contribution in [2.75, 3.05) is 18.5 Å². The number of rotatable bonds is 6. The molecule has 2 N–H and O–H groups in total. The van der Waals surface area contributed by atoms with E-state index in [1.54, 1.807) is 6.07 Å². The highest BCUT2D eigenvalue weighted by Crippen LogP contribution is 2.31. The molecular weight excluding hydrogens is 255 g/mol. The van der Waals surface area contributed by atoms with Gasteiger partial charge in [0.1, 0.15) is 0 Å². The molecule has 0 fully saturated rings. The van der Waals surface area contributed by atoms with Gasteiger partial charge in [-0.15, -0.1) is 0 Å². The molecule has 0 unspecified atom stereocenters. The van der Waals surface area contributed by atoms with Gasteiger partial charge < -0.3 is 10.4 Å². The number of alkyl halides is 3. The van der Waals surface area contributed by atoms with Crippen LogP contribution in [0.3, 0.4) is 0 Å². The van der Waals surface area contributed by atoms with E-state index in [4.69, 9.17) is 0 Å². The summed E-state index contributed by atoms with van der Waals surface area (Å²) in [7, 11) is 0. The molecule has 0 saturated heterocycles. The van der Waals surface area contributed by atoms with Crippen molar-refractivity contribution in [1.29, 1.82) is 0 Å². The summed E-state index contributed by atoms with van der Waals surface area (Å²) in [5.74, 6) is 0. The summed E-state index contributed by atoms with van der Waals surface area (Å²) in [6.45, 7) is 4.41. The Morgan fingerprint density at radius 1 is 1.16 bits per heavy atom. The first-order valence-electron chi connectivity index (χ1n) is 6.39. The third kappa shape index (κ3) is 4.13. The minimum absolute atomic E-state index is 0.0198. The monoisotopic (exact) mass is 275 g/mol. The van der Waals surface area contributed by atoms with Crippen LogP contribution in [-0.2, 0) is 6.18 Å². The van der Waals surface area contributed by atoms with Gasteiger partial charge in [-0.25, -0.2) is 0 Å². The average molecular weight is 275 g/mol. The van der Waals surface area contributed by atoms with Gasteiger partial charge in [0, 0.05) is 17.6 Å². The molecule has 0 atom stereocenters. The smallest absolute Gasteiger partial charge is 0.396 e. The van der Waals surface area contributed by atoms with E-state index in [9.17, 15) is 18.3 Å². The predicted molar refractivity (Wildman–Crippen MR) is 70.0 cm³/mol. The Kier molecular flexibility index (Phi) is 5.23. The SMILES string of the molecule is CCC(CC)(CO)CNc1cccc(C(F)(F)F)c1. The molecule has 0 heterocycles. The number of hydrogen-bond acceptors (Lipinski definition) is 2. The van der Waals surface area contributed by atoms with Crippen LogP contribution >= 0.6 is 0 Å². The van der Waals surface area contributed by atoms with E-state index in [-0.39, 0.29) is 12.0 Å². The van der Waals surface area contributed by atoms with E-state index in [2.05, 4.69) is 5.32 Å². The zero-order valence-electron chi connectivity index (χ0n) is 11.2. The molecule has 5 heteroatoms. The molecule has 2 nitrogen and oxygen atoms in total. The van der Waals surface area contributed by atoms with Crippen LogP contribution in [0, 0.1) is 5.41 Å². The van der Waals surface area contributed by atoms with E-state index in [1.807, 2.05) is 13.8 Å². The second-order valence-corrected chi connectivity index (χ2v) is 4.80. The van der Waals surface area contributed by atoms with Crippen molar-refractivity contribution in [3.05, 3.63) is 29.8 Å². The van der Waals surface area contributed by atoms with E-state index in [0.717, 1.165) is 25.0 Å². The second-order valence-electron chi connectivity index (χ2n) is 4.80. The Balaban J connectivity index is 2.78. The molecule has 1 aromatic carbocycles. The summed E-state index contributed by atoms with van der Waals surface area (Å²) in [6, 6.07) is 5.12. The van der Waals surface area contributed by atoms with Crippen LogP contribution in [0.1, 0.15) is 32.3 Å². The lowest BCUT2D eigenvalue weighted by Crippen LogP contribution is -2.32. The second kappa shape index (κ2) is 6.28. The first-order valence-corrected chi connectivity index (χ1v) is 6.39. The van der Waals surface area contributed by atoms with E-state index in [1.165, 1.54) is 6.07 Å². The fraction of sp³-hybridized carbons (Fsp3) is 0.571. The molecule has 0 aromatic heterocycles. The summed E-state index contributed by atoms with van der Waals surface area (Å²) < 4.78 is 37.7. The Labute approximate surface area is 111 Å². The third-order valence-electron chi connectivity index (χ3n) is 3.69. The van der Waals surface area contributed by atoms with Gasteiger partial charge in [-0.05, 0) is 31.0 Å². The molecule has 0 aliphatic carbocycles. The maximum Gasteiger partial charge on any atom is 0.416 e. The van der Waals surface area contributed by atoms with Gasteiger partial charge in [-0.1, -0.05) is 19.9 Å². The molecule has 0 bridgehead atoms. The standard InChI is InChI=1S/C14H20F3NO/c1-3-13(4-2,10-19)9-18-12-7-5-6-11(8-12)14(15,16)17/h5-8,18-19H,3-4,9-10H2,1-2H3. The lowest BCUT2D eigenvalue weighted by atomic mass is 9.83. The van der Waals surface area contributed by atoms with Crippen LogP contribution in [0.2, 0.25) is 0 Å². The highest BCUT2D eigenvalue weighted by Gasteiger charge is 2.30. The van der Waals surface area contributed by atoms with Crippen molar-refractivity contribution >= 4 is 5.69 Å². The molecule has 0 amide bonds. The fourth-order valence-electron chi connectivity index (χ4n) is 1.87. The van der Waals surface area contributed by atoms with E-state index < -0.39 is 11.7 Å².